The van der Waals surface area contributed by atoms with Crippen LogP contribution in [0, 0.1) is 17.0 Å². The van der Waals surface area contributed by atoms with Crippen LogP contribution in [-0.4, -0.2) is 27.2 Å². The second kappa shape index (κ2) is 7.88. The van der Waals surface area contributed by atoms with Crippen LogP contribution < -0.4 is 10.1 Å². The molecule has 0 atom stereocenters. The maximum Gasteiger partial charge on any atom is 0.390 e. The topological polar surface area (TPSA) is 99.3 Å². The number of alkyl halides is 2. The van der Waals surface area contributed by atoms with Crippen LogP contribution in [0.1, 0.15) is 12.1 Å². The van der Waals surface area contributed by atoms with Crippen molar-refractivity contribution in [3.8, 4) is 5.75 Å². The van der Waals surface area contributed by atoms with Crippen molar-refractivity contribution in [3.05, 3.63) is 45.1 Å². The van der Waals surface area contributed by atoms with E-state index in [1.165, 1.54) is 28.9 Å². The fraction of sp³-hybridized carbons (Fsp3) is 0.286. The molecule has 11 heteroatoms. The summed E-state index contributed by atoms with van der Waals surface area (Å²) in [5.74, 6) is -0.885. The molecule has 1 aromatic heterocycles. The number of hydrogen-bond acceptors (Lipinski definition) is 5. The summed E-state index contributed by atoms with van der Waals surface area (Å²) in [4.78, 5) is 22.0. The number of nitro groups is 1. The van der Waals surface area contributed by atoms with Gasteiger partial charge in [0, 0.05) is 12.1 Å². The number of nitrogens with zero attached hydrogens (tertiary/aromatic N) is 3. The van der Waals surface area contributed by atoms with E-state index in [-0.39, 0.29) is 29.6 Å². The molecular formula is C14H13ClF2N4O4. The van der Waals surface area contributed by atoms with Crippen LogP contribution in [0.25, 0.3) is 0 Å². The number of hydrogen-bond donors (Lipinski definition) is 1. The first kappa shape index (κ1) is 18.6. The number of aryl methyl sites for hydroxylation is 2. The normalized spacial score (nSPS) is 10.8. The first-order valence-corrected chi connectivity index (χ1v) is 7.37. The molecule has 0 saturated carbocycles. The van der Waals surface area contributed by atoms with Gasteiger partial charge in [0.25, 0.3) is 0 Å². The van der Waals surface area contributed by atoms with Crippen LogP contribution >= 0.6 is 11.6 Å². The Morgan fingerprint density at radius 1 is 1.48 bits per heavy atom. The zero-order chi connectivity index (χ0) is 18.6. The third kappa shape index (κ3) is 5.11. The van der Waals surface area contributed by atoms with Gasteiger partial charge in [-0.3, -0.25) is 4.79 Å². The average molecular weight is 375 g/mol. The molecule has 2 rings (SSSR count). The van der Waals surface area contributed by atoms with Gasteiger partial charge in [-0.1, -0.05) is 11.6 Å². The molecule has 2 aromatic rings. The molecule has 0 bridgehead atoms. The van der Waals surface area contributed by atoms with Crippen molar-refractivity contribution in [1.82, 2.24) is 9.78 Å². The summed E-state index contributed by atoms with van der Waals surface area (Å²) in [7, 11) is 0. The highest BCUT2D eigenvalue weighted by Crippen LogP contribution is 2.29. The number of halogens is 3. The van der Waals surface area contributed by atoms with Crippen molar-refractivity contribution in [2.45, 2.75) is 26.5 Å². The van der Waals surface area contributed by atoms with Gasteiger partial charge in [0.05, 0.1) is 28.4 Å². The van der Waals surface area contributed by atoms with Crippen LogP contribution in [0.5, 0.6) is 5.75 Å². The summed E-state index contributed by atoms with van der Waals surface area (Å²) in [5.41, 5.74) is 0.857. The van der Waals surface area contributed by atoms with Gasteiger partial charge in [-0.05, 0) is 30.0 Å². The van der Waals surface area contributed by atoms with Crippen molar-refractivity contribution in [2.24, 2.45) is 0 Å². The minimum absolute atomic E-state index is 0.00653. The minimum atomic E-state index is -3.00. The third-order valence-corrected chi connectivity index (χ3v) is 3.43. The molecule has 0 spiro atoms. The van der Waals surface area contributed by atoms with Crippen molar-refractivity contribution in [1.29, 1.82) is 0 Å². The van der Waals surface area contributed by atoms with Gasteiger partial charge in [0.2, 0.25) is 5.91 Å². The molecule has 0 unspecified atom stereocenters. The number of ether oxygens (including phenoxy) is 1. The van der Waals surface area contributed by atoms with Crippen molar-refractivity contribution in [2.75, 3.05) is 5.32 Å². The molecule has 0 radical (unpaired) electrons. The predicted molar refractivity (Wildman–Crippen MR) is 84.9 cm³/mol. The van der Waals surface area contributed by atoms with E-state index < -0.39 is 17.4 Å². The molecule has 1 heterocycles. The first-order chi connectivity index (χ1) is 11.8. The van der Waals surface area contributed by atoms with Crippen LogP contribution in [0.4, 0.5) is 20.3 Å². The summed E-state index contributed by atoms with van der Waals surface area (Å²) in [6.45, 7) is -1.22. The summed E-state index contributed by atoms with van der Waals surface area (Å²) in [6.07, 6.45) is 0.00653. The number of benzene rings is 1. The second-order valence-corrected chi connectivity index (χ2v) is 5.35. The van der Waals surface area contributed by atoms with E-state index in [0.717, 1.165) is 0 Å². The van der Waals surface area contributed by atoms with E-state index in [1.54, 1.807) is 6.92 Å². The van der Waals surface area contributed by atoms with Crippen molar-refractivity contribution >= 4 is 29.0 Å². The Morgan fingerprint density at radius 3 is 2.76 bits per heavy atom. The SMILES string of the molecule is Cc1cc([N+](=O)[O-])nn1CCC(=O)Nc1ccc(OC(F)F)c(Cl)c1. The Labute approximate surface area is 145 Å². The number of anilines is 1. The molecule has 0 saturated heterocycles. The maximum atomic E-state index is 12.2. The van der Waals surface area contributed by atoms with Gasteiger partial charge in [-0.2, -0.15) is 13.5 Å². The minimum Gasteiger partial charge on any atom is -0.433 e. The molecule has 0 fully saturated rings. The quantitative estimate of drug-likeness (QED) is 0.591. The lowest BCUT2D eigenvalue weighted by atomic mass is 10.3. The highest BCUT2D eigenvalue weighted by molar-refractivity contribution is 6.32. The van der Waals surface area contributed by atoms with Gasteiger partial charge < -0.3 is 20.2 Å². The van der Waals surface area contributed by atoms with Crippen LogP contribution in [0.2, 0.25) is 5.02 Å². The summed E-state index contributed by atoms with van der Waals surface area (Å²) >= 11 is 5.80. The molecule has 0 aliphatic carbocycles. The van der Waals surface area contributed by atoms with Crippen LogP contribution in [0.3, 0.4) is 0 Å². The van der Waals surface area contributed by atoms with E-state index in [0.29, 0.717) is 11.4 Å². The summed E-state index contributed by atoms with van der Waals surface area (Å²) < 4.78 is 29.9. The zero-order valence-electron chi connectivity index (χ0n) is 12.9. The lowest BCUT2D eigenvalue weighted by molar-refractivity contribution is -0.389. The standard InChI is InChI=1S/C14H13ClF2N4O4/c1-8-6-12(21(23)24)19-20(8)5-4-13(22)18-9-2-3-11(10(15)7-9)25-14(16)17/h2-3,6-7,14H,4-5H2,1H3,(H,18,22). The predicted octanol–water partition coefficient (Wildman–Crippen LogP) is 3.38. The highest BCUT2D eigenvalue weighted by atomic mass is 35.5. The van der Waals surface area contributed by atoms with E-state index in [4.69, 9.17) is 11.6 Å². The number of amides is 1. The summed E-state index contributed by atoms with van der Waals surface area (Å²) in [6, 6.07) is 5.16. The van der Waals surface area contributed by atoms with Crippen LogP contribution in [0.15, 0.2) is 24.3 Å². The molecule has 0 aliphatic rings. The lowest BCUT2D eigenvalue weighted by Crippen LogP contribution is -2.15. The number of aromatic nitrogens is 2. The maximum absolute atomic E-state index is 12.2. The van der Waals surface area contributed by atoms with E-state index >= 15 is 0 Å². The number of carbonyl (C=O) groups is 1. The Kier molecular flexibility index (Phi) is 5.86. The molecule has 25 heavy (non-hydrogen) atoms. The Hall–Kier alpha value is -2.75. The molecule has 1 amide bonds. The Bertz CT molecular complexity index is 797. The van der Waals surface area contributed by atoms with E-state index in [9.17, 15) is 23.7 Å². The van der Waals surface area contributed by atoms with Crippen molar-refractivity contribution in [3.63, 3.8) is 0 Å². The van der Waals surface area contributed by atoms with E-state index in [2.05, 4.69) is 15.2 Å². The van der Waals surface area contributed by atoms with Gasteiger partial charge in [-0.25, -0.2) is 0 Å². The fourth-order valence-electron chi connectivity index (χ4n) is 2.01. The van der Waals surface area contributed by atoms with E-state index in [1.807, 2.05) is 0 Å². The molecule has 1 N–H and O–H groups in total. The highest BCUT2D eigenvalue weighted by Gasteiger charge is 2.16. The molecular weight excluding hydrogens is 362 g/mol. The largest absolute Gasteiger partial charge is 0.433 e. The first-order valence-electron chi connectivity index (χ1n) is 6.99. The van der Waals surface area contributed by atoms with Gasteiger partial charge >= 0.3 is 12.4 Å². The number of nitrogens with one attached hydrogen (secondary N) is 1. The molecule has 134 valence electrons. The van der Waals surface area contributed by atoms with Crippen LogP contribution in [-0.2, 0) is 11.3 Å². The Morgan fingerprint density at radius 2 is 2.20 bits per heavy atom. The monoisotopic (exact) mass is 374 g/mol. The molecule has 8 nitrogen and oxygen atoms in total. The average Bonchev–Trinajstić information content (AvgIpc) is 2.89. The van der Waals surface area contributed by atoms with Crippen molar-refractivity contribution < 1.29 is 23.2 Å². The smallest absolute Gasteiger partial charge is 0.390 e. The summed E-state index contributed by atoms with van der Waals surface area (Å²) in [5, 5.41) is 16.9. The van der Waals surface area contributed by atoms with Gasteiger partial charge in [0.1, 0.15) is 5.75 Å². The van der Waals surface area contributed by atoms with Gasteiger partial charge in [0.15, 0.2) is 0 Å². The van der Waals surface area contributed by atoms with Gasteiger partial charge in [-0.15, -0.1) is 0 Å². The number of carbonyl (C=O) groups excluding carboxylic acids is 1. The third-order valence-electron chi connectivity index (χ3n) is 3.14. The molecule has 0 aliphatic heterocycles. The Balaban J connectivity index is 1.94. The second-order valence-electron chi connectivity index (χ2n) is 4.95. The zero-order valence-corrected chi connectivity index (χ0v) is 13.7. The fourth-order valence-corrected chi connectivity index (χ4v) is 2.23. The number of rotatable bonds is 7. The molecule has 1 aromatic carbocycles. The lowest BCUT2D eigenvalue weighted by Gasteiger charge is -2.09.